The second kappa shape index (κ2) is 16.1. The first-order valence-electron chi connectivity index (χ1n) is 10.8. The van der Waals surface area contributed by atoms with Gasteiger partial charge in [-0.05, 0) is 47.5 Å². The van der Waals surface area contributed by atoms with Crippen molar-refractivity contribution < 1.29 is 14.6 Å². The van der Waals surface area contributed by atoms with Crippen molar-refractivity contribution in [3.63, 3.8) is 0 Å². The summed E-state index contributed by atoms with van der Waals surface area (Å²) in [6.45, 7) is 10.6. The molecule has 0 rings (SSSR count). The molecule has 0 spiro atoms. The molecule has 25 heavy (non-hydrogen) atoms. The van der Waals surface area contributed by atoms with E-state index in [1.54, 1.807) is 0 Å². The predicted molar refractivity (Wildman–Crippen MR) is 108 cm³/mol. The van der Waals surface area contributed by atoms with E-state index < -0.39 is 5.79 Å². The molecule has 0 aliphatic carbocycles. The Labute approximate surface area is 157 Å². The molecule has 0 aromatic rings. The Kier molecular flexibility index (Phi) is 16.0. The average Bonchev–Trinajstić information content (AvgIpc) is 2.50. The fourth-order valence-corrected chi connectivity index (χ4v) is 3.45. The Hall–Kier alpha value is -0.120. The number of rotatable bonds is 18. The quantitative estimate of drug-likeness (QED) is 0.221. The van der Waals surface area contributed by atoms with E-state index in [-0.39, 0.29) is 12.2 Å². The van der Waals surface area contributed by atoms with Crippen molar-refractivity contribution in [2.45, 2.75) is 136 Å². The standard InChI is InChI=1S/C22H46O3/c1-20(2)24-22(4,5)25-21(3)18-16-14-12-10-8-6-7-9-11-13-15-17-19-23/h20-21,23H,6-19H2,1-5H3. The molecule has 1 unspecified atom stereocenters. The molecule has 0 fully saturated rings. The zero-order valence-electron chi connectivity index (χ0n) is 17.8. The van der Waals surface area contributed by atoms with Crippen molar-refractivity contribution in [1.82, 2.24) is 0 Å². The second-order valence-corrected chi connectivity index (χ2v) is 8.25. The van der Waals surface area contributed by atoms with Crippen molar-refractivity contribution in [3.05, 3.63) is 0 Å². The lowest BCUT2D eigenvalue weighted by atomic mass is 10.0. The zero-order valence-corrected chi connectivity index (χ0v) is 17.8. The third kappa shape index (κ3) is 18.5. The monoisotopic (exact) mass is 358 g/mol. The summed E-state index contributed by atoms with van der Waals surface area (Å²) in [5, 5.41) is 8.73. The summed E-state index contributed by atoms with van der Waals surface area (Å²) < 4.78 is 11.8. The highest BCUT2D eigenvalue weighted by atomic mass is 16.7. The summed E-state index contributed by atoms with van der Waals surface area (Å²) in [6.07, 6.45) is 17.2. The van der Waals surface area contributed by atoms with Gasteiger partial charge in [-0.25, -0.2) is 0 Å². The number of aliphatic hydroxyl groups excluding tert-OH is 1. The van der Waals surface area contributed by atoms with Crippen LogP contribution in [0.5, 0.6) is 0 Å². The summed E-state index contributed by atoms with van der Waals surface area (Å²) in [6, 6.07) is 0. The van der Waals surface area contributed by atoms with Gasteiger partial charge in [0.15, 0.2) is 5.79 Å². The highest BCUT2D eigenvalue weighted by molar-refractivity contribution is 4.61. The summed E-state index contributed by atoms with van der Waals surface area (Å²) in [7, 11) is 0. The van der Waals surface area contributed by atoms with Crippen molar-refractivity contribution >= 4 is 0 Å². The molecule has 0 saturated carbocycles. The van der Waals surface area contributed by atoms with Crippen molar-refractivity contribution in [2.24, 2.45) is 0 Å². The van der Waals surface area contributed by atoms with Crippen LogP contribution in [0.2, 0.25) is 0 Å². The summed E-state index contributed by atoms with van der Waals surface area (Å²) in [5.41, 5.74) is 0. The first-order valence-corrected chi connectivity index (χ1v) is 10.8. The molecule has 0 aromatic carbocycles. The van der Waals surface area contributed by atoms with Crippen LogP contribution < -0.4 is 0 Å². The number of hydrogen-bond acceptors (Lipinski definition) is 3. The van der Waals surface area contributed by atoms with Gasteiger partial charge in [0.2, 0.25) is 0 Å². The molecule has 152 valence electrons. The first-order chi connectivity index (χ1) is 11.9. The number of unbranched alkanes of at least 4 members (excludes halogenated alkanes) is 11. The Bertz CT molecular complexity index is 276. The van der Waals surface area contributed by atoms with Crippen LogP contribution in [0, 0.1) is 0 Å². The fourth-order valence-electron chi connectivity index (χ4n) is 3.45. The third-order valence-electron chi connectivity index (χ3n) is 4.52. The van der Waals surface area contributed by atoms with E-state index >= 15 is 0 Å². The van der Waals surface area contributed by atoms with Gasteiger partial charge in [-0.1, -0.05) is 70.6 Å². The molecule has 1 N–H and O–H groups in total. The van der Waals surface area contributed by atoms with Gasteiger partial charge in [-0.2, -0.15) is 0 Å². The van der Waals surface area contributed by atoms with Crippen LogP contribution in [0.3, 0.4) is 0 Å². The topological polar surface area (TPSA) is 38.7 Å². The van der Waals surface area contributed by atoms with Crippen molar-refractivity contribution in [3.8, 4) is 0 Å². The summed E-state index contributed by atoms with van der Waals surface area (Å²) in [4.78, 5) is 0. The van der Waals surface area contributed by atoms with Crippen LogP contribution >= 0.6 is 0 Å². The molecule has 0 aromatic heterocycles. The number of ether oxygens (including phenoxy) is 2. The molecule has 0 amide bonds. The lowest BCUT2D eigenvalue weighted by molar-refractivity contribution is -0.250. The van der Waals surface area contributed by atoms with Gasteiger partial charge in [0.25, 0.3) is 0 Å². The smallest absolute Gasteiger partial charge is 0.163 e. The van der Waals surface area contributed by atoms with Crippen molar-refractivity contribution in [2.75, 3.05) is 6.61 Å². The lowest BCUT2D eigenvalue weighted by Gasteiger charge is -2.31. The largest absolute Gasteiger partial charge is 0.396 e. The maximum Gasteiger partial charge on any atom is 0.163 e. The van der Waals surface area contributed by atoms with Gasteiger partial charge >= 0.3 is 0 Å². The molecule has 1 atom stereocenters. The normalized spacial score (nSPS) is 13.6. The molecular weight excluding hydrogens is 312 g/mol. The van der Waals surface area contributed by atoms with E-state index in [4.69, 9.17) is 14.6 Å². The van der Waals surface area contributed by atoms with E-state index in [1.807, 2.05) is 27.7 Å². The Morgan fingerprint density at radius 2 is 1.04 bits per heavy atom. The number of aliphatic hydroxyl groups is 1. The van der Waals surface area contributed by atoms with E-state index in [2.05, 4.69) is 6.92 Å². The van der Waals surface area contributed by atoms with Gasteiger partial charge in [0, 0.05) is 6.61 Å². The molecule has 0 heterocycles. The maximum atomic E-state index is 8.73. The highest BCUT2D eigenvalue weighted by Crippen LogP contribution is 2.20. The molecule has 3 heteroatoms. The molecule has 3 nitrogen and oxygen atoms in total. The fraction of sp³-hybridized carbons (Fsp3) is 1.00. The van der Waals surface area contributed by atoms with Gasteiger partial charge in [0.05, 0.1) is 12.2 Å². The Morgan fingerprint density at radius 1 is 0.640 bits per heavy atom. The second-order valence-electron chi connectivity index (χ2n) is 8.25. The van der Waals surface area contributed by atoms with Crippen LogP contribution in [0.4, 0.5) is 0 Å². The maximum absolute atomic E-state index is 8.73. The first kappa shape index (κ1) is 24.9. The van der Waals surface area contributed by atoms with Crippen LogP contribution in [0.15, 0.2) is 0 Å². The van der Waals surface area contributed by atoms with Crippen molar-refractivity contribution in [1.29, 1.82) is 0 Å². The predicted octanol–water partition coefficient (Wildman–Crippen LogP) is 6.62. The molecule has 0 aliphatic heterocycles. The minimum Gasteiger partial charge on any atom is -0.396 e. The van der Waals surface area contributed by atoms with E-state index in [1.165, 1.54) is 70.6 Å². The van der Waals surface area contributed by atoms with E-state index in [9.17, 15) is 0 Å². The molecule has 0 bridgehead atoms. The molecule has 0 radical (unpaired) electrons. The van der Waals surface area contributed by atoms with Crippen LogP contribution in [-0.2, 0) is 9.47 Å². The Morgan fingerprint density at radius 3 is 1.44 bits per heavy atom. The minimum absolute atomic E-state index is 0.197. The van der Waals surface area contributed by atoms with Gasteiger partial charge in [0.1, 0.15) is 0 Å². The Balaban J connectivity index is 3.35. The van der Waals surface area contributed by atoms with Gasteiger partial charge < -0.3 is 14.6 Å². The molecule has 0 aliphatic rings. The summed E-state index contributed by atoms with van der Waals surface area (Å²) >= 11 is 0. The van der Waals surface area contributed by atoms with Gasteiger partial charge in [-0.15, -0.1) is 0 Å². The van der Waals surface area contributed by atoms with E-state index in [0.29, 0.717) is 6.61 Å². The highest BCUT2D eigenvalue weighted by Gasteiger charge is 2.23. The third-order valence-corrected chi connectivity index (χ3v) is 4.52. The molecule has 0 saturated heterocycles. The SMILES string of the molecule is CC(C)OC(C)(C)OC(C)CCCCCCCCCCCCCCO. The van der Waals surface area contributed by atoms with E-state index in [0.717, 1.165) is 12.8 Å². The summed E-state index contributed by atoms with van der Waals surface area (Å²) in [5.74, 6) is -0.480. The molecular formula is C22H46O3. The van der Waals surface area contributed by atoms with Gasteiger partial charge in [-0.3, -0.25) is 0 Å². The van der Waals surface area contributed by atoms with Crippen LogP contribution in [0.25, 0.3) is 0 Å². The van der Waals surface area contributed by atoms with Crippen LogP contribution in [0.1, 0.15) is 118 Å². The number of hydrogen-bond donors (Lipinski definition) is 1. The minimum atomic E-state index is -0.480. The lowest BCUT2D eigenvalue weighted by Crippen LogP contribution is -2.34. The average molecular weight is 359 g/mol. The van der Waals surface area contributed by atoms with Crippen LogP contribution in [-0.4, -0.2) is 29.7 Å². The zero-order chi connectivity index (χ0) is 19.0.